The zero-order valence-corrected chi connectivity index (χ0v) is 19.8. The summed E-state index contributed by atoms with van der Waals surface area (Å²) in [5.74, 6) is 1.80. The van der Waals surface area contributed by atoms with Crippen molar-refractivity contribution in [1.82, 2.24) is 10.3 Å². The van der Waals surface area contributed by atoms with Crippen LogP contribution in [0.4, 0.5) is 0 Å². The number of ether oxygens (including phenoxy) is 1. The molecular formula is C21H27BrN4O3S. The Bertz CT molecular complexity index is 1000. The average molecular weight is 495 g/mol. The Balaban J connectivity index is 1.62. The van der Waals surface area contributed by atoms with Crippen molar-refractivity contribution in [3.05, 3.63) is 22.8 Å². The van der Waals surface area contributed by atoms with Gasteiger partial charge in [0.2, 0.25) is 5.88 Å². The van der Waals surface area contributed by atoms with E-state index in [4.69, 9.17) is 9.73 Å². The highest BCUT2D eigenvalue weighted by atomic mass is 79.9. The largest absolute Gasteiger partial charge is 0.463 e. The standard InChI is InChI=1S/C21H27BrN4O3S/c1-20(2,29-17-8-16(22)4-5-24-17)19(25-12-23)26-18-14-6-13-7-15(18)11-21(9-13,10-14)30(3,27)28/h4-5,8,13-15,18H,6-7,9-11H2,1-3H3,(H,25,26). The maximum absolute atomic E-state index is 12.6. The Morgan fingerprint density at radius 2 is 2.03 bits per heavy atom. The van der Waals surface area contributed by atoms with Crippen LogP contribution in [0.1, 0.15) is 46.0 Å². The molecule has 9 heteroatoms. The van der Waals surface area contributed by atoms with Gasteiger partial charge in [0.05, 0.1) is 10.8 Å². The number of nitrogens with zero attached hydrogens (tertiary/aromatic N) is 3. The van der Waals surface area contributed by atoms with Gasteiger partial charge in [-0.2, -0.15) is 5.26 Å². The van der Waals surface area contributed by atoms with Crippen molar-refractivity contribution in [3.63, 3.8) is 0 Å². The third-order valence-electron chi connectivity index (χ3n) is 7.03. The van der Waals surface area contributed by atoms with E-state index in [1.807, 2.05) is 26.1 Å². The molecular weight excluding hydrogens is 468 g/mol. The Morgan fingerprint density at radius 1 is 1.37 bits per heavy atom. The zero-order chi connectivity index (χ0) is 21.7. The molecule has 4 fully saturated rings. The lowest BCUT2D eigenvalue weighted by Crippen LogP contribution is -2.60. The molecule has 4 bridgehead atoms. The number of hydrogen-bond acceptors (Lipinski definition) is 6. The first-order valence-corrected chi connectivity index (χ1v) is 12.9. The number of nitriles is 1. The van der Waals surface area contributed by atoms with E-state index in [-0.39, 0.29) is 17.9 Å². The molecule has 1 N–H and O–H groups in total. The van der Waals surface area contributed by atoms with Crippen molar-refractivity contribution in [3.8, 4) is 12.1 Å². The first-order valence-electron chi connectivity index (χ1n) is 10.3. The number of pyridine rings is 1. The molecule has 162 valence electrons. The number of halogens is 1. The maximum atomic E-state index is 12.6. The Labute approximate surface area is 186 Å². The first-order chi connectivity index (χ1) is 14.0. The van der Waals surface area contributed by atoms with Gasteiger partial charge in [-0.3, -0.25) is 10.3 Å². The van der Waals surface area contributed by atoms with Crippen LogP contribution in [0.2, 0.25) is 0 Å². The van der Waals surface area contributed by atoms with Crippen LogP contribution >= 0.6 is 15.9 Å². The van der Waals surface area contributed by atoms with Crippen molar-refractivity contribution in [2.45, 2.75) is 62.3 Å². The van der Waals surface area contributed by atoms with E-state index in [1.54, 1.807) is 12.3 Å². The van der Waals surface area contributed by atoms with Crippen molar-refractivity contribution >= 4 is 31.6 Å². The molecule has 0 amide bonds. The number of aromatic nitrogens is 1. The summed E-state index contributed by atoms with van der Waals surface area (Å²) in [4.78, 5) is 9.23. The highest BCUT2D eigenvalue weighted by Crippen LogP contribution is 2.59. The van der Waals surface area contributed by atoms with Crippen molar-refractivity contribution in [2.24, 2.45) is 22.7 Å². The van der Waals surface area contributed by atoms with E-state index in [9.17, 15) is 13.7 Å². The summed E-state index contributed by atoms with van der Waals surface area (Å²) >= 11 is 3.41. The molecule has 0 spiro atoms. The smallest absolute Gasteiger partial charge is 0.215 e. The van der Waals surface area contributed by atoms with Crippen LogP contribution in [0.5, 0.6) is 5.88 Å². The Hall–Kier alpha value is -1.66. The van der Waals surface area contributed by atoms with E-state index in [1.165, 1.54) is 6.26 Å². The van der Waals surface area contributed by atoms with Gasteiger partial charge in [0, 0.05) is 23.0 Å². The monoisotopic (exact) mass is 494 g/mol. The Morgan fingerprint density at radius 3 is 2.60 bits per heavy atom. The lowest BCUT2D eigenvalue weighted by atomic mass is 9.54. The van der Waals surface area contributed by atoms with Crippen LogP contribution in [0, 0.1) is 29.2 Å². The SMILES string of the molecule is CC(C)(Oc1cc(Br)ccn1)C(=NC1C2CC3CC1CC(S(C)(=O)=O)(C3)C2)NC#N. The minimum Gasteiger partial charge on any atom is -0.463 e. The molecule has 4 aliphatic rings. The lowest BCUT2D eigenvalue weighted by molar-refractivity contribution is 0.0140. The molecule has 0 aliphatic heterocycles. The molecule has 0 aromatic carbocycles. The fourth-order valence-electron chi connectivity index (χ4n) is 5.88. The summed E-state index contributed by atoms with van der Waals surface area (Å²) in [6, 6.07) is 3.59. The van der Waals surface area contributed by atoms with Gasteiger partial charge in [0.15, 0.2) is 27.5 Å². The van der Waals surface area contributed by atoms with E-state index in [0.29, 0.717) is 30.5 Å². The van der Waals surface area contributed by atoms with Gasteiger partial charge < -0.3 is 4.74 Å². The second-order valence-corrected chi connectivity index (χ2v) is 12.9. The molecule has 0 radical (unpaired) electrons. The van der Waals surface area contributed by atoms with E-state index in [0.717, 1.165) is 23.7 Å². The van der Waals surface area contributed by atoms with Crippen molar-refractivity contribution < 1.29 is 13.2 Å². The van der Waals surface area contributed by atoms with Crippen LogP contribution in [0.15, 0.2) is 27.8 Å². The highest BCUT2D eigenvalue weighted by molar-refractivity contribution is 9.10. The van der Waals surface area contributed by atoms with E-state index in [2.05, 4.69) is 26.2 Å². The number of rotatable bonds is 5. The van der Waals surface area contributed by atoms with Gasteiger partial charge in [-0.05, 0) is 69.8 Å². The Kier molecular flexibility index (Phi) is 5.38. The van der Waals surface area contributed by atoms with Gasteiger partial charge in [-0.15, -0.1) is 0 Å². The lowest BCUT2D eigenvalue weighted by Gasteiger charge is -2.58. The number of nitrogens with one attached hydrogen (secondary N) is 1. The van der Waals surface area contributed by atoms with Crippen LogP contribution in [-0.4, -0.2) is 41.9 Å². The summed E-state index contributed by atoms with van der Waals surface area (Å²) in [6.45, 7) is 3.71. The second-order valence-electron chi connectivity index (χ2n) is 9.55. The molecule has 2 atom stereocenters. The van der Waals surface area contributed by atoms with Crippen molar-refractivity contribution in [2.75, 3.05) is 6.26 Å². The number of hydrogen-bond donors (Lipinski definition) is 1. The second kappa shape index (κ2) is 7.49. The predicted molar refractivity (Wildman–Crippen MR) is 118 cm³/mol. The van der Waals surface area contributed by atoms with Gasteiger partial charge in [-0.1, -0.05) is 15.9 Å². The molecule has 4 aliphatic carbocycles. The third-order valence-corrected chi connectivity index (χ3v) is 9.60. The van der Waals surface area contributed by atoms with Crippen LogP contribution in [0.3, 0.4) is 0 Å². The number of amidine groups is 1. The van der Waals surface area contributed by atoms with Crippen LogP contribution in [-0.2, 0) is 9.84 Å². The normalized spacial score (nSPS) is 33.2. The first kappa shape index (κ1) is 21.6. The van der Waals surface area contributed by atoms with Crippen molar-refractivity contribution in [1.29, 1.82) is 5.26 Å². The summed E-state index contributed by atoms with van der Waals surface area (Å²) in [6.07, 6.45) is 9.18. The quantitative estimate of drug-likeness (QED) is 0.290. The molecule has 2 unspecified atom stereocenters. The van der Waals surface area contributed by atoms with Gasteiger partial charge >= 0.3 is 0 Å². The fraction of sp³-hybridized carbons (Fsp3) is 0.667. The molecule has 4 saturated carbocycles. The van der Waals surface area contributed by atoms with E-state index >= 15 is 0 Å². The third kappa shape index (κ3) is 3.84. The van der Waals surface area contributed by atoms with Crippen LogP contribution in [0.25, 0.3) is 0 Å². The molecule has 30 heavy (non-hydrogen) atoms. The topological polar surface area (TPSA) is 104 Å². The van der Waals surface area contributed by atoms with Crippen LogP contribution < -0.4 is 10.1 Å². The molecule has 1 aromatic heterocycles. The molecule has 5 rings (SSSR count). The van der Waals surface area contributed by atoms with Gasteiger partial charge in [0.25, 0.3) is 0 Å². The minimum absolute atomic E-state index is 0.00520. The summed E-state index contributed by atoms with van der Waals surface area (Å²) < 4.78 is 31.5. The molecule has 0 saturated heterocycles. The number of aliphatic imine (C=N–C) groups is 1. The summed E-state index contributed by atoms with van der Waals surface area (Å²) in [7, 11) is -3.11. The number of sulfone groups is 1. The summed E-state index contributed by atoms with van der Waals surface area (Å²) in [5.41, 5.74) is -0.896. The minimum atomic E-state index is -3.11. The average Bonchev–Trinajstić information content (AvgIpc) is 2.62. The maximum Gasteiger partial charge on any atom is 0.215 e. The highest BCUT2D eigenvalue weighted by Gasteiger charge is 2.59. The van der Waals surface area contributed by atoms with Gasteiger partial charge in [0.1, 0.15) is 0 Å². The summed E-state index contributed by atoms with van der Waals surface area (Å²) in [5, 5.41) is 12.1. The fourth-order valence-corrected chi connectivity index (χ4v) is 7.77. The molecule has 1 heterocycles. The zero-order valence-electron chi connectivity index (χ0n) is 17.4. The van der Waals surface area contributed by atoms with Gasteiger partial charge in [-0.25, -0.2) is 13.4 Å². The molecule has 7 nitrogen and oxygen atoms in total. The predicted octanol–water partition coefficient (Wildman–Crippen LogP) is 3.46. The van der Waals surface area contributed by atoms with E-state index < -0.39 is 20.2 Å². The molecule has 1 aromatic rings.